The van der Waals surface area contributed by atoms with Gasteiger partial charge in [0.1, 0.15) is 5.52 Å². The largest absolute Gasteiger partial charge is 0.431 e. The van der Waals surface area contributed by atoms with E-state index >= 15 is 0 Å². The second-order valence-electron chi connectivity index (χ2n) is 6.61. The zero-order valence-corrected chi connectivity index (χ0v) is 15.4. The summed E-state index contributed by atoms with van der Waals surface area (Å²) >= 11 is 1.56. The first-order valence-electron chi connectivity index (χ1n) is 8.71. The van der Waals surface area contributed by atoms with Crippen LogP contribution >= 0.6 is 11.8 Å². The summed E-state index contributed by atoms with van der Waals surface area (Å²) in [6, 6.07) is 7.20. The number of hydrogen-bond donors (Lipinski definition) is 2. The van der Waals surface area contributed by atoms with Gasteiger partial charge in [0.15, 0.2) is 5.58 Å². The fourth-order valence-electron chi connectivity index (χ4n) is 2.91. The van der Waals surface area contributed by atoms with Gasteiger partial charge in [-0.05, 0) is 36.8 Å². The van der Waals surface area contributed by atoms with Gasteiger partial charge in [-0.1, -0.05) is 18.7 Å². The van der Waals surface area contributed by atoms with Crippen molar-refractivity contribution >= 4 is 34.6 Å². The fourth-order valence-corrected chi connectivity index (χ4v) is 3.47. The standard InChI is InChI=1S/C18H21N5O2S/c1-2-26-17-22-14-5-4-13(10-15(14)25-17)21-16(24)19-11-18(6-7-18)12-23-9-3-8-20-23/h3-5,8-10H,2,6-7,11-12H2,1H3,(H2,19,21,24). The van der Waals surface area contributed by atoms with Gasteiger partial charge >= 0.3 is 6.03 Å². The first-order valence-corrected chi connectivity index (χ1v) is 9.70. The maximum Gasteiger partial charge on any atom is 0.319 e. The van der Waals surface area contributed by atoms with Crippen LogP contribution in [0.15, 0.2) is 46.3 Å². The fraction of sp³-hybridized carbons (Fsp3) is 0.389. The average molecular weight is 371 g/mol. The number of fused-ring (bicyclic) bond motifs is 1. The molecule has 0 atom stereocenters. The second-order valence-corrected chi connectivity index (χ2v) is 7.82. The molecule has 26 heavy (non-hydrogen) atoms. The van der Waals surface area contributed by atoms with Gasteiger partial charge in [-0.15, -0.1) is 0 Å². The van der Waals surface area contributed by atoms with Crippen LogP contribution in [0.25, 0.3) is 11.1 Å². The van der Waals surface area contributed by atoms with Gasteiger partial charge in [-0.3, -0.25) is 4.68 Å². The van der Waals surface area contributed by atoms with Crippen molar-refractivity contribution in [2.45, 2.75) is 31.5 Å². The highest BCUT2D eigenvalue weighted by molar-refractivity contribution is 7.99. The third-order valence-electron chi connectivity index (χ3n) is 4.53. The molecule has 0 bridgehead atoms. The Labute approximate surface area is 155 Å². The number of rotatable bonds is 7. The maximum atomic E-state index is 12.2. The Morgan fingerprint density at radius 3 is 3.04 bits per heavy atom. The predicted octanol–water partition coefficient (Wildman–Crippen LogP) is 3.74. The van der Waals surface area contributed by atoms with Crippen molar-refractivity contribution in [2.24, 2.45) is 5.41 Å². The molecule has 1 fully saturated rings. The number of oxazole rings is 1. The van der Waals surface area contributed by atoms with E-state index in [1.807, 2.05) is 29.1 Å². The van der Waals surface area contributed by atoms with Crippen molar-refractivity contribution in [1.29, 1.82) is 0 Å². The van der Waals surface area contributed by atoms with Gasteiger partial charge in [0.25, 0.3) is 5.22 Å². The van der Waals surface area contributed by atoms with Crippen LogP contribution < -0.4 is 10.6 Å². The van der Waals surface area contributed by atoms with Crippen molar-refractivity contribution in [1.82, 2.24) is 20.1 Å². The molecular formula is C18H21N5O2S. The summed E-state index contributed by atoms with van der Waals surface area (Å²) in [5, 5.41) is 10.7. The van der Waals surface area contributed by atoms with Crippen molar-refractivity contribution in [3.05, 3.63) is 36.7 Å². The van der Waals surface area contributed by atoms with Crippen molar-refractivity contribution in [2.75, 3.05) is 17.6 Å². The molecule has 3 aromatic rings. The molecule has 0 aliphatic heterocycles. The maximum absolute atomic E-state index is 12.2. The Morgan fingerprint density at radius 2 is 2.31 bits per heavy atom. The van der Waals surface area contributed by atoms with E-state index in [1.54, 1.807) is 24.0 Å². The SMILES string of the molecule is CCSc1nc2ccc(NC(=O)NCC3(Cn4cccn4)CC3)cc2o1. The van der Waals surface area contributed by atoms with Crippen molar-refractivity contribution < 1.29 is 9.21 Å². The lowest BCUT2D eigenvalue weighted by Crippen LogP contribution is -2.35. The molecule has 0 spiro atoms. The van der Waals surface area contributed by atoms with E-state index in [4.69, 9.17) is 4.42 Å². The van der Waals surface area contributed by atoms with E-state index < -0.39 is 0 Å². The van der Waals surface area contributed by atoms with Crippen molar-refractivity contribution in [3.8, 4) is 0 Å². The summed E-state index contributed by atoms with van der Waals surface area (Å²) in [6.45, 7) is 3.53. The summed E-state index contributed by atoms with van der Waals surface area (Å²) in [4.78, 5) is 16.6. The lowest BCUT2D eigenvalue weighted by Gasteiger charge is -2.16. The molecule has 0 radical (unpaired) electrons. The van der Waals surface area contributed by atoms with Crippen LogP contribution in [0.4, 0.5) is 10.5 Å². The molecule has 8 heteroatoms. The minimum absolute atomic E-state index is 0.129. The van der Waals surface area contributed by atoms with Gasteiger partial charge in [-0.25, -0.2) is 9.78 Å². The summed E-state index contributed by atoms with van der Waals surface area (Å²) < 4.78 is 7.61. The van der Waals surface area contributed by atoms with E-state index in [0.717, 1.165) is 30.7 Å². The molecule has 1 saturated carbocycles. The van der Waals surface area contributed by atoms with Gasteiger partial charge in [-0.2, -0.15) is 5.10 Å². The third kappa shape index (κ3) is 3.85. The molecule has 2 amide bonds. The number of aromatic nitrogens is 3. The Morgan fingerprint density at radius 1 is 1.42 bits per heavy atom. The number of benzene rings is 1. The van der Waals surface area contributed by atoms with Gasteiger partial charge in [0, 0.05) is 42.7 Å². The zero-order valence-electron chi connectivity index (χ0n) is 14.6. The van der Waals surface area contributed by atoms with Crippen LogP contribution in [0, 0.1) is 5.41 Å². The van der Waals surface area contributed by atoms with Crippen LogP contribution in [-0.4, -0.2) is 33.1 Å². The van der Waals surface area contributed by atoms with E-state index in [2.05, 4.69) is 27.6 Å². The average Bonchev–Trinajstić information content (AvgIpc) is 3.01. The summed E-state index contributed by atoms with van der Waals surface area (Å²) in [6.07, 6.45) is 5.95. The highest BCUT2D eigenvalue weighted by Crippen LogP contribution is 2.46. The monoisotopic (exact) mass is 371 g/mol. The molecule has 136 valence electrons. The van der Waals surface area contributed by atoms with Crippen molar-refractivity contribution in [3.63, 3.8) is 0 Å². The predicted molar refractivity (Wildman–Crippen MR) is 101 cm³/mol. The van der Waals surface area contributed by atoms with Gasteiger partial charge in [0.05, 0.1) is 0 Å². The van der Waals surface area contributed by atoms with Crippen LogP contribution in [0.5, 0.6) is 0 Å². The van der Waals surface area contributed by atoms with Crippen LogP contribution in [0.3, 0.4) is 0 Å². The minimum Gasteiger partial charge on any atom is -0.431 e. The number of anilines is 1. The molecule has 2 N–H and O–H groups in total. The minimum atomic E-state index is -0.209. The lowest BCUT2D eigenvalue weighted by atomic mass is 10.1. The highest BCUT2D eigenvalue weighted by atomic mass is 32.2. The third-order valence-corrected chi connectivity index (χ3v) is 5.24. The number of carbonyl (C=O) groups is 1. The Balaban J connectivity index is 1.33. The Hall–Kier alpha value is -2.48. The van der Waals surface area contributed by atoms with Crippen LogP contribution in [-0.2, 0) is 6.54 Å². The quantitative estimate of drug-likeness (QED) is 0.618. The number of nitrogens with zero attached hydrogens (tertiary/aromatic N) is 3. The van der Waals surface area contributed by atoms with Gasteiger partial charge < -0.3 is 15.1 Å². The number of hydrogen-bond acceptors (Lipinski definition) is 5. The normalized spacial score (nSPS) is 15.1. The zero-order chi connectivity index (χ0) is 18.0. The first kappa shape index (κ1) is 17.0. The smallest absolute Gasteiger partial charge is 0.319 e. The van der Waals surface area contributed by atoms with Crippen LogP contribution in [0.1, 0.15) is 19.8 Å². The topological polar surface area (TPSA) is 85.0 Å². The molecule has 2 aromatic heterocycles. The molecule has 2 heterocycles. The molecule has 4 rings (SSSR count). The molecule has 0 unspecified atom stereocenters. The molecule has 1 aliphatic rings. The second kappa shape index (κ2) is 7.03. The van der Waals surface area contributed by atoms with Gasteiger partial charge in [0.2, 0.25) is 0 Å². The first-order chi connectivity index (χ1) is 12.7. The Kier molecular flexibility index (Phi) is 4.58. The lowest BCUT2D eigenvalue weighted by molar-refractivity contribution is 0.248. The molecular weight excluding hydrogens is 350 g/mol. The molecule has 0 saturated heterocycles. The van der Waals surface area contributed by atoms with E-state index in [1.165, 1.54) is 0 Å². The number of thioether (sulfide) groups is 1. The van der Waals surface area contributed by atoms with E-state index in [9.17, 15) is 4.79 Å². The van der Waals surface area contributed by atoms with E-state index in [-0.39, 0.29) is 11.4 Å². The summed E-state index contributed by atoms with van der Waals surface area (Å²) in [5.74, 6) is 0.903. The Bertz CT molecular complexity index is 902. The summed E-state index contributed by atoms with van der Waals surface area (Å²) in [7, 11) is 0. The number of carbonyl (C=O) groups excluding carboxylic acids is 1. The number of amides is 2. The molecule has 7 nitrogen and oxygen atoms in total. The number of urea groups is 1. The molecule has 1 aliphatic carbocycles. The van der Waals surface area contributed by atoms with Crippen LogP contribution in [0.2, 0.25) is 0 Å². The number of nitrogens with one attached hydrogen (secondary N) is 2. The van der Waals surface area contributed by atoms with E-state index in [0.29, 0.717) is 23.0 Å². The summed E-state index contributed by atoms with van der Waals surface area (Å²) in [5.41, 5.74) is 2.29. The molecule has 1 aromatic carbocycles. The highest BCUT2D eigenvalue weighted by Gasteiger charge is 2.43.